The first kappa shape index (κ1) is 47.2. The predicted molar refractivity (Wildman–Crippen MR) is 183 cm³/mol. The SMILES string of the molecule is CCC.CCC.CCS(C)(=O)=O.CCSOO.Nc1cc(N)c(N=Nc2ccccc2)c(C(=O)O)c1N=NC1=CCCCC1.[Y]. The van der Waals surface area contributed by atoms with Crippen LogP contribution < -0.4 is 11.5 Å². The summed E-state index contributed by atoms with van der Waals surface area (Å²) in [7, 11) is -2.66. The number of hydrogen-bond donors (Lipinski definition) is 4. The van der Waals surface area contributed by atoms with Gasteiger partial charge in [0.1, 0.15) is 26.8 Å². The minimum atomic E-state index is -2.66. The third kappa shape index (κ3) is 23.7. The van der Waals surface area contributed by atoms with E-state index in [0.717, 1.165) is 49.2 Å². The molecule has 0 saturated heterocycles. The van der Waals surface area contributed by atoms with Crippen molar-refractivity contribution in [3.05, 3.63) is 53.7 Å². The van der Waals surface area contributed by atoms with Crippen LogP contribution in [0.5, 0.6) is 0 Å². The molecule has 15 heteroatoms. The number of nitrogens with two attached hydrogens (primary N) is 2. The number of hydrogen-bond acceptors (Lipinski definition) is 12. The first-order chi connectivity index (χ1) is 20.9. The molecule has 0 aromatic heterocycles. The van der Waals surface area contributed by atoms with E-state index in [-0.39, 0.29) is 66.8 Å². The Bertz CT molecular complexity index is 1270. The number of benzene rings is 2. The summed E-state index contributed by atoms with van der Waals surface area (Å²) in [5.41, 5.74) is 13.4. The molecule has 1 radical (unpaired) electrons. The van der Waals surface area contributed by atoms with Crippen LogP contribution in [0.2, 0.25) is 0 Å². The molecular formula is C30H50N6O6S2Y. The van der Waals surface area contributed by atoms with E-state index in [2.05, 4.69) is 52.5 Å². The minimum Gasteiger partial charge on any atom is -0.478 e. The molecule has 2 aromatic carbocycles. The monoisotopic (exact) mass is 743 g/mol. The standard InChI is InChI=1S/C19H20N6O2.C3H8O2S.2C3H8.C2H6O2S.Y/c20-14-11-15(21)18(25-23-13-9-5-2-6-10-13)16(19(26)27)17(14)24-22-12-7-3-1-4-8-12;1-3-6(2,4)5;2*1-3-2;1-2-5-4-3;/h1,3-4,7-9,11H,2,5-6,10,20-21H2,(H,26,27);3H2,1-2H3;2*3H2,1-2H3;3H,2H2,1H3;. The molecule has 0 bridgehead atoms. The van der Waals surface area contributed by atoms with Crippen LogP contribution in [0.15, 0.2) is 68.6 Å². The van der Waals surface area contributed by atoms with Crippen LogP contribution in [0.4, 0.5) is 28.4 Å². The molecule has 0 spiro atoms. The number of carbonyl (C=O) groups is 1. The van der Waals surface area contributed by atoms with Crippen LogP contribution in [-0.4, -0.2) is 42.5 Å². The van der Waals surface area contributed by atoms with Crippen molar-refractivity contribution in [1.82, 2.24) is 0 Å². The zero-order chi connectivity index (χ0) is 34.0. The molecule has 0 fully saturated rings. The van der Waals surface area contributed by atoms with Gasteiger partial charge in [-0.05, 0) is 43.9 Å². The average Bonchev–Trinajstić information content (AvgIpc) is 2.98. The molecule has 0 amide bonds. The van der Waals surface area contributed by atoms with Crippen molar-refractivity contribution in [2.24, 2.45) is 20.5 Å². The molecule has 12 nitrogen and oxygen atoms in total. The van der Waals surface area contributed by atoms with Gasteiger partial charge < -0.3 is 16.6 Å². The van der Waals surface area contributed by atoms with Gasteiger partial charge >= 0.3 is 5.97 Å². The number of azo groups is 2. The number of nitrogen functional groups attached to an aromatic ring is 2. The Morgan fingerprint density at radius 3 is 1.76 bits per heavy atom. The van der Waals surface area contributed by atoms with Crippen molar-refractivity contribution in [3.8, 4) is 0 Å². The molecule has 0 saturated carbocycles. The van der Waals surface area contributed by atoms with E-state index in [9.17, 15) is 18.3 Å². The summed E-state index contributed by atoms with van der Waals surface area (Å²) in [4.78, 5) is 11.9. The number of rotatable bonds is 8. The largest absolute Gasteiger partial charge is 0.478 e. The van der Waals surface area contributed by atoms with Crippen molar-refractivity contribution >= 4 is 56.3 Å². The molecule has 3 rings (SSSR count). The number of nitrogens with zero attached hydrogens (tertiary/aromatic N) is 4. The number of carboxylic acids is 1. The van der Waals surface area contributed by atoms with Crippen molar-refractivity contribution in [3.63, 3.8) is 0 Å². The maximum absolute atomic E-state index is 11.9. The summed E-state index contributed by atoms with van der Waals surface area (Å²) >= 11 is 1.02. The van der Waals surface area contributed by atoms with E-state index >= 15 is 0 Å². The van der Waals surface area contributed by atoms with Gasteiger partial charge in [-0.2, -0.15) is 14.6 Å². The second-order valence-electron chi connectivity index (χ2n) is 9.22. The summed E-state index contributed by atoms with van der Waals surface area (Å²) in [5.74, 6) is -0.216. The maximum atomic E-state index is 11.9. The smallest absolute Gasteiger partial charge is 0.340 e. The molecule has 2 aromatic rings. The molecule has 0 atom stereocenters. The fourth-order valence-corrected chi connectivity index (χ4v) is 2.91. The van der Waals surface area contributed by atoms with Crippen LogP contribution in [0, 0.1) is 0 Å². The van der Waals surface area contributed by atoms with Gasteiger partial charge in [0.25, 0.3) is 0 Å². The molecule has 45 heavy (non-hydrogen) atoms. The Morgan fingerprint density at radius 2 is 1.40 bits per heavy atom. The van der Waals surface area contributed by atoms with E-state index in [1.165, 1.54) is 25.2 Å². The van der Waals surface area contributed by atoms with E-state index < -0.39 is 15.8 Å². The summed E-state index contributed by atoms with van der Waals surface area (Å²) in [6.07, 6.45) is 9.61. The Kier molecular flexibility index (Phi) is 30.6. The van der Waals surface area contributed by atoms with Gasteiger partial charge in [0, 0.05) is 62.5 Å². The Hall–Kier alpha value is -2.23. The number of allylic oxidation sites excluding steroid dienone is 2. The fourth-order valence-electron chi connectivity index (χ4n) is 2.80. The van der Waals surface area contributed by atoms with Crippen molar-refractivity contribution in [1.29, 1.82) is 0 Å². The van der Waals surface area contributed by atoms with Gasteiger partial charge in [0.05, 0.1) is 22.8 Å². The summed E-state index contributed by atoms with van der Waals surface area (Å²) < 4.78 is 23.6. The first-order valence-electron chi connectivity index (χ1n) is 14.5. The molecule has 0 unspecified atom stereocenters. The van der Waals surface area contributed by atoms with E-state index in [1.54, 1.807) is 31.2 Å². The summed E-state index contributed by atoms with van der Waals surface area (Å²) in [5, 5.41) is 33.6. The van der Waals surface area contributed by atoms with Crippen molar-refractivity contribution in [2.45, 2.75) is 80.1 Å². The topological polar surface area (TPSA) is 202 Å². The van der Waals surface area contributed by atoms with Gasteiger partial charge in [-0.15, -0.1) is 10.2 Å². The Labute approximate surface area is 298 Å². The van der Waals surface area contributed by atoms with Gasteiger partial charge in [-0.3, -0.25) is 0 Å². The number of anilines is 2. The van der Waals surface area contributed by atoms with E-state index in [0.29, 0.717) is 5.69 Å². The van der Waals surface area contributed by atoms with Crippen LogP contribution in [-0.2, 0) is 46.9 Å². The second kappa shape index (κ2) is 29.2. The summed E-state index contributed by atoms with van der Waals surface area (Å²) in [6.45, 7) is 12.0. The average molecular weight is 744 g/mol. The van der Waals surface area contributed by atoms with Crippen LogP contribution >= 0.6 is 12.0 Å². The maximum Gasteiger partial charge on any atom is 0.340 e. The van der Waals surface area contributed by atoms with Gasteiger partial charge in [0.15, 0.2) is 0 Å². The van der Waals surface area contributed by atoms with Gasteiger partial charge in [-0.25, -0.2) is 18.5 Å². The quantitative estimate of drug-likeness (QED) is 0.0667. The molecule has 251 valence electrons. The number of carboxylic acid groups (broad SMARTS) is 1. The normalized spacial score (nSPS) is 12.0. The zero-order valence-corrected chi connectivity index (χ0v) is 32.0. The first-order valence-corrected chi connectivity index (χ1v) is 17.5. The fraction of sp³-hybridized carbons (Fsp3) is 0.500. The Balaban J connectivity index is -0.000000813. The third-order valence-corrected chi connectivity index (χ3v) is 6.20. The van der Waals surface area contributed by atoms with E-state index in [1.807, 2.05) is 19.1 Å². The van der Waals surface area contributed by atoms with Crippen LogP contribution in [0.3, 0.4) is 0 Å². The van der Waals surface area contributed by atoms with Crippen LogP contribution in [0.1, 0.15) is 90.4 Å². The van der Waals surface area contributed by atoms with Crippen molar-refractivity contribution in [2.75, 3.05) is 29.2 Å². The second-order valence-corrected chi connectivity index (χ2v) is 12.6. The molecule has 6 N–H and O–H groups in total. The third-order valence-electron chi connectivity index (χ3n) is 4.81. The minimum absolute atomic E-state index is 0. The van der Waals surface area contributed by atoms with Gasteiger partial charge in [0.2, 0.25) is 0 Å². The Morgan fingerprint density at radius 1 is 0.911 bits per heavy atom. The number of aromatic carboxylic acids is 1. The molecular weight excluding hydrogens is 693 g/mol. The number of sulfone groups is 1. The van der Waals surface area contributed by atoms with Gasteiger partial charge in [-0.1, -0.05) is 78.7 Å². The molecule has 0 heterocycles. The molecule has 1 aliphatic rings. The van der Waals surface area contributed by atoms with Crippen molar-refractivity contribution < 1.29 is 60.6 Å². The molecule has 1 aliphatic carbocycles. The predicted octanol–water partition coefficient (Wildman–Crippen LogP) is 9.53. The molecule has 0 aliphatic heterocycles. The zero-order valence-electron chi connectivity index (χ0n) is 27.6. The summed E-state index contributed by atoms with van der Waals surface area (Å²) in [6, 6.07) is 10.4. The van der Waals surface area contributed by atoms with E-state index in [4.69, 9.17) is 16.7 Å². The van der Waals surface area contributed by atoms with Crippen LogP contribution in [0.25, 0.3) is 0 Å².